The summed E-state index contributed by atoms with van der Waals surface area (Å²) < 4.78 is 7.14. The lowest BCUT2D eigenvalue weighted by atomic mass is 9.89. The summed E-state index contributed by atoms with van der Waals surface area (Å²) in [6.45, 7) is 4.46. The third-order valence-electron chi connectivity index (χ3n) is 6.18. The second-order valence-corrected chi connectivity index (χ2v) is 7.87. The van der Waals surface area contributed by atoms with Crippen LogP contribution in [0, 0.1) is 11.8 Å². The van der Waals surface area contributed by atoms with Crippen molar-refractivity contribution >= 4 is 18.1 Å². The molecule has 0 radical (unpaired) electrons. The van der Waals surface area contributed by atoms with E-state index in [1.165, 1.54) is 24.2 Å². The zero-order chi connectivity index (χ0) is 18.4. The highest BCUT2D eigenvalue weighted by molar-refractivity contribution is 5.85. The highest BCUT2D eigenvalue weighted by Gasteiger charge is 2.45. The average molecular weight is 400 g/mol. The van der Waals surface area contributed by atoms with Crippen LogP contribution in [0.2, 0.25) is 0 Å². The molecule has 2 saturated heterocycles. The summed E-state index contributed by atoms with van der Waals surface area (Å²) in [4.78, 5) is 9.43. The fourth-order valence-electron chi connectivity index (χ4n) is 5.00. The van der Waals surface area contributed by atoms with E-state index in [9.17, 15) is 0 Å². The standard InChI is InChI=1S/C21H25N5O.ClH/c1-24-11-17-12-25(10-15-7-8-26-20(9-15)22-14-23-26)13-19(17)21(24)16-3-5-18(27-2)6-4-16;/h3-9,14,17,19,21H,10-13H2,1-2H3;1H/t17-,19+,21-;/m0./s1. The molecular weight excluding hydrogens is 374 g/mol. The molecule has 0 N–H and O–H groups in total. The predicted molar refractivity (Wildman–Crippen MR) is 111 cm³/mol. The molecule has 6 nitrogen and oxygen atoms in total. The van der Waals surface area contributed by atoms with Crippen molar-refractivity contribution in [1.82, 2.24) is 24.4 Å². The Morgan fingerprint density at radius 1 is 1.11 bits per heavy atom. The molecule has 0 bridgehead atoms. The largest absolute Gasteiger partial charge is 0.497 e. The summed E-state index contributed by atoms with van der Waals surface area (Å²) in [7, 11) is 3.98. The smallest absolute Gasteiger partial charge is 0.155 e. The van der Waals surface area contributed by atoms with E-state index < -0.39 is 0 Å². The number of methoxy groups -OCH3 is 1. The van der Waals surface area contributed by atoms with Crippen LogP contribution in [0.3, 0.4) is 0 Å². The molecule has 0 amide bonds. The van der Waals surface area contributed by atoms with Gasteiger partial charge < -0.3 is 4.74 Å². The first kappa shape index (κ1) is 19.2. The first-order valence-corrected chi connectivity index (χ1v) is 9.56. The first-order chi connectivity index (χ1) is 13.2. The van der Waals surface area contributed by atoms with Gasteiger partial charge in [0.15, 0.2) is 5.65 Å². The number of hydrogen-bond acceptors (Lipinski definition) is 5. The van der Waals surface area contributed by atoms with Gasteiger partial charge >= 0.3 is 0 Å². The molecule has 3 atom stereocenters. The second-order valence-electron chi connectivity index (χ2n) is 7.87. The van der Waals surface area contributed by atoms with E-state index >= 15 is 0 Å². The third kappa shape index (κ3) is 3.36. The fourth-order valence-corrected chi connectivity index (χ4v) is 5.00. The molecule has 2 aliphatic rings. The number of halogens is 1. The second kappa shape index (κ2) is 7.70. The van der Waals surface area contributed by atoms with Crippen molar-refractivity contribution in [2.75, 3.05) is 33.8 Å². The van der Waals surface area contributed by atoms with Crippen LogP contribution >= 0.6 is 12.4 Å². The quantitative estimate of drug-likeness (QED) is 0.675. The number of benzene rings is 1. The molecule has 28 heavy (non-hydrogen) atoms. The molecule has 0 spiro atoms. The lowest BCUT2D eigenvalue weighted by Crippen LogP contribution is -2.28. The van der Waals surface area contributed by atoms with Gasteiger partial charge in [0.1, 0.15) is 12.1 Å². The lowest BCUT2D eigenvalue weighted by Gasteiger charge is -2.27. The Kier molecular flexibility index (Phi) is 5.27. The van der Waals surface area contributed by atoms with Gasteiger partial charge in [0.2, 0.25) is 0 Å². The highest BCUT2D eigenvalue weighted by atomic mass is 35.5. The van der Waals surface area contributed by atoms with Gasteiger partial charge in [-0.1, -0.05) is 12.1 Å². The van der Waals surface area contributed by atoms with Gasteiger partial charge in [-0.05, 0) is 54.3 Å². The Morgan fingerprint density at radius 3 is 2.71 bits per heavy atom. The summed E-state index contributed by atoms with van der Waals surface area (Å²) in [6, 6.07) is 13.4. The molecule has 0 unspecified atom stereocenters. The van der Waals surface area contributed by atoms with Crippen LogP contribution in [0.25, 0.3) is 5.65 Å². The van der Waals surface area contributed by atoms with Gasteiger partial charge in [-0.25, -0.2) is 9.50 Å². The average Bonchev–Trinajstić information content (AvgIpc) is 3.36. The number of likely N-dealkylation sites (tertiary alicyclic amines) is 2. The number of nitrogens with zero attached hydrogens (tertiary/aromatic N) is 5. The molecule has 5 rings (SSSR count). The Bertz CT molecular complexity index is 943. The lowest BCUT2D eigenvalue weighted by molar-refractivity contribution is 0.224. The molecule has 148 valence electrons. The monoisotopic (exact) mass is 399 g/mol. The van der Waals surface area contributed by atoms with Crippen LogP contribution in [-0.2, 0) is 6.54 Å². The minimum atomic E-state index is 0. The maximum Gasteiger partial charge on any atom is 0.155 e. The van der Waals surface area contributed by atoms with Crippen LogP contribution in [0.4, 0.5) is 0 Å². The zero-order valence-electron chi connectivity index (χ0n) is 16.2. The fraction of sp³-hybridized carbons (Fsp3) is 0.429. The topological polar surface area (TPSA) is 45.9 Å². The molecule has 7 heteroatoms. The predicted octanol–water partition coefficient (Wildman–Crippen LogP) is 2.89. The van der Waals surface area contributed by atoms with Crippen molar-refractivity contribution < 1.29 is 4.74 Å². The number of fused-ring (bicyclic) bond motifs is 2. The Labute approximate surface area is 171 Å². The maximum absolute atomic E-state index is 5.32. The summed E-state index contributed by atoms with van der Waals surface area (Å²) in [5.74, 6) is 2.34. The van der Waals surface area contributed by atoms with E-state index in [4.69, 9.17) is 4.74 Å². The molecule has 3 aromatic rings. The summed E-state index contributed by atoms with van der Waals surface area (Å²) in [6.07, 6.45) is 3.61. The van der Waals surface area contributed by atoms with Crippen LogP contribution in [0.1, 0.15) is 17.2 Å². The van der Waals surface area contributed by atoms with Crippen molar-refractivity contribution in [2.45, 2.75) is 12.6 Å². The minimum absolute atomic E-state index is 0. The minimum Gasteiger partial charge on any atom is -0.497 e. The molecular formula is C21H26ClN5O. The molecule has 2 aliphatic heterocycles. The molecule has 2 aromatic heterocycles. The molecule has 4 heterocycles. The number of pyridine rings is 1. The van der Waals surface area contributed by atoms with Crippen LogP contribution in [0.15, 0.2) is 48.9 Å². The van der Waals surface area contributed by atoms with Gasteiger partial charge in [0.05, 0.1) is 7.11 Å². The normalized spacial score (nSPS) is 25.0. The van der Waals surface area contributed by atoms with E-state index in [-0.39, 0.29) is 12.4 Å². The van der Waals surface area contributed by atoms with Crippen molar-refractivity contribution in [3.8, 4) is 5.75 Å². The van der Waals surface area contributed by atoms with E-state index in [1.807, 2.05) is 10.7 Å². The van der Waals surface area contributed by atoms with Crippen molar-refractivity contribution in [3.05, 3.63) is 60.0 Å². The van der Waals surface area contributed by atoms with Gasteiger partial charge in [0.25, 0.3) is 0 Å². The van der Waals surface area contributed by atoms with Gasteiger partial charge in [-0.2, -0.15) is 5.10 Å². The van der Waals surface area contributed by atoms with Crippen LogP contribution < -0.4 is 4.74 Å². The first-order valence-electron chi connectivity index (χ1n) is 9.56. The molecule has 0 aliphatic carbocycles. The van der Waals surface area contributed by atoms with E-state index in [0.29, 0.717) is 12.0 Å². The third-order valence-corrected chi connectivity index (χ3v) is 6.18. The van der Waals surface area contributed by atoms with Crippen molar-refractivity contribution in [2.24, 2.45) is 11.8 Å². The highest BCUT2D eigenvalue weighted by Crippen LogP contribution is 2.44. The number of rotatable bonds is 4. The number of hydrogen-bond donors (Lipinski definition) is 0. The maximum atomic E-state index is 5.32. The number of ether oxygens (including phenoxy) is 1. The van der Waals surface area contributed by atoms with E-state index in [2.05, 4.69) is 63.3 Å². The molecule has 1 aromatic carbocycles. The van der Waals surface area contributed by atoms with Gasteiger partial charge in [0, 0.05) is 38.4 Å². The van der Waals surface area contributed by atoms with Crippen LogP contribution in [0.5, 0.6) is 5.75 Å². The Hall–Kier alpha value is -2.15. The van der Waals surface area contributed by atoms with E-state index in [0.717, 1.165) is 30.4 Å². The summed E-state index contributed by atoms with van der Waals surface area (Å²) >= 11 is 0. The van der Waals surface area contributed by atoms with Crippen molar-refractivity contribution in [1.29, 1.82) is 0 Å². The summed E-state index contributed by atoms with van der Waals surface area (Å²) in [5, 5.41) is 4.18. The van der Waals surface area contributed by atoms with E-state index in [1.54, 1.807) is 13.4 Å². The Balaban J connectivity index is 0.00000192. The zero-order valence-corrected chi connectivity index (χ0v) is 17.0. The Morgan fingerprint density at radius 2 is 1.93 bits per heavy atom. The van der Waals surface area contributed by atoms with Crippen molar-refractivity contribution in [3.63, 3.8) is 0 Å². The van der Waals surface area contributed by atoms with Crippen LogP contribution in [-0.4, -0.2) is 58.2 Å². The van der Waals surface area contributed by atoms with Gasteiger partial charge in [-0.3, -0.25) is 9.80 Å². The number of aromatic nitrogens is 3. The SMILES string of the molecule is COc1ccc([C@H]2[C@@H]3CN(Cc4ccn5ncnc5c4)C[C@@H]3CN2C)cc1.Cl. The summed E-state index contributed by atoms with van der Waals surface area (Å²) in [5.41, 5.74) is 3.63. The van der Waals surface area contributed by atoms with Gasteiger partial charge in [-0.15, -0.1) is 12.4 Å². The molecule has 0 saturated carbocycles. The molecule has 2 fully saturated rings.